The van der Waals surface area contributed by atoms with E-state index < -0.39 is 67.9 Å². The van der Waals surface area contributed by atoms with Gasteiger partial charge in [-0.2, -0.15) is 0 Å². The Kier molecular flexibility index (Phi) is 9.98. The summed E-state index contributed by atoms with van der Waals surface area (Å²) in [4.78, 5) is 0. The molecule has 2 heterocycles. The summed E-state index contributed by atoms with van der Waals surface area (Å²) in [6.45, 7) is -0.00547. The first-order valence-electron chi connectivity index (χ1n) is 12.4. The fourth-order valence-corrected chi connectivity index (χ4v) is 4.55. The number of rotatable bonds is 10. The van der Waals surface area contributed by atoms with Gasteiger partial charge in [0.05, 0.1) is 19.3 Å². The maximum Gasteiger partial charge on any atom is 0.186 e. The molecule has 11 nitrogen and oxygen atoms in total. The average molecular weight is 521 g/mol. The Balaban J connectivity index is 1.43. The molecule has 2 fully saturated rings. The van der Waals surface area contributed by atoms with Gasteiger partial charge in [-0.1, -0.05) is 60.7 Å². The molecule has 2 saturated heterocycles. The number of hydrogen-bond donors (Lipinski definition) is 8. The Morgan fingerprint density at radius 1 is 0.649 bits per heavy atom. The molecule has 204 valence electrons. The summed E-state index contributed by atoms with van der Waals surface area (Å²) in [7, 11) is 0. The van der Waals surface area contributed by atoms with Crippen LogP contribution < -0.4 is 10.6 Å². The van der Waals surface area contributed by atoms with E-state index in [0.717, 1.165) is 11.1 Å². The summed E-state index contributed by atoms with van der Waals surface area (Å²) < 4.78 is 17.1. The summed E-state index contributed by atoms with van der Waals surface area (Å²) in [6, 6.07) is 18.6. The normalized spacial score (nSPS) is 36.4. The second-order valence-corrected chi connectivity index (χ2v) is 9.37. The summed E-state index contributed by atoms with van der Waals surface area (Å²) in [5.41, 5.74) is 2.00. The van der Waals surface area contributed by atoms with Crippen molar-refractivity contribution in [3.63, 3.8) is 0 Å². The Morgan fingerprint density at radius 3 is 1.81 bits per heavy atom. The van der Waals surface area contributed by atoms with Crippen LogP contribution in [0.3, 0.4) is 0 Å². The van der Waals surface area contributed by atoms with Crippen LogP contribution in [0.1, 0.15) is 11.1 Å². The van der Waals surface area contributed by atoms with Crippen LogP contribution in [0.4, 0.5) is 0 Å². The lowest BCUT2D eigenvalue weighted by Gasteiger charge is -2.44. The molecule has 0 amide bonds. The fourth-order valence-electron chi connectivity index (χ4n) is 4.55. The molecule has 1 unspecified atom stereocenters. The summed E-state index contributed by atoms with van der Waals surface area (Å²) in [5, 5.41) is 68.0. The lowest BCUT2D eigenvalue weighted by Crippen LogP contribution is -2.67. The molecule has 2 aromatic carbocycles. The summed E-state index contributed by atoms with van der Waals surface area (Å²) in [5.74, 6) is 0. The summed E-state index contributed by atoms with van der Waals surface area (Å²) in [6.07, 6.45) is -11.5. The van der Waals surface area contributed by atoms with Gasteiger partial charge in [0.2, 0.25) is 0 Å². The highest BCUT2D eigenvalue weighted by Gasteiger charge is 2.47. The highest BCUT2D eigenvalue weighted by molar-refractivity contribution is 5.16. The largest absolute Gasteiger partial charge is 0.394 e. The average Bonchev–Trinajstić information content (AvgIpc) is 2.93. The van der Waals surface area contributed by atoms with Crippen LogP contribution in [0.25, 0.3) is 0 Å². The zero-order valence-electron chi connectivity index (χ0n) is 20.3. The number of nitrogens with one attached hydrogen (secondary N) is 2. The van der Waals surface area contributed by atoms with Gasteiger partial charge >= 0.3 is 0 Å². The molecule has 37 heavy (non-hydrogen) atoms. The predicted molar refractivity (Wildman–Crippen MR) is 131 cm³/mol. The molecule has 2 aliphatic heterocycles. The topological polar surface area (TPSA) is 173 Å². The Labute approximate surface area is 215 Å². The molecular formula is C26H36N2O9. The van der Waals surface area contributed by atoms with E-state index in [1.54, 1.807) is 0 Å². The van der Waals surface area contributed by atoms with Gasteiger partial charge in [-0.05, 0) is 11.1 Å². The molecule has 0 aliphatic carbocycles. The molecule has 0 aromatic heterocycles. The molecule has 8 N–H and O–H groups in total. The Morgan fingerprint density at radius 2 is 1.22 bits per heavy atom. The van der Waals surface area contributed by atoms with Crippen LogP contribution in [0.15, 0.2) is 60.7 Å². The maximum absolute atomic E-state index is 11.0. The van der Waals surface area contributed by atoms with Crippen LogP contribution in [0.2, 0.25) is 0 Å². The molecule has 0 radical (unpaired) electrons. The van der Waals surface area contributed by atoms with Gasteiger partial charge in [0, 0.05) is 13.1 Å². The third-order valence-electron chi connectivity index (χ3n) is 6.75. The minimum Gasteiger partial charge on any atom is -0.394 e. The fraction of sp³-hybridized carbons (Fsp3) is 0.538. The van der Waals surface area contributed by atoms with Crippen molar-refractivity contribution >= 4 is 0 Å². The van der Waals surface area contributed by atoms with Crippen molar-refractivity contribution in [3.05, 3.63) is 71.8 Å². The van der Waals surface area contributed by atoms with Crippen molar-refractivity contribution in [3.8, 4) is 0 Å². The first-order valence-corrected chi connectivity index (χ1v) is 12.4. The molecule has 0 spiro atoms. The van der Waals surface area contributed by atoms with E-state index in [4.69, 9.17) is 14.2 Å². The molecule has 0 bridgehead atoms. The maximum atomic E-state index is 11.0. The van der Waals surface area contributed by atoms with Crippen molar-refractivity contribution in [1.82, 2.24) is 10.6 Å². The molecule has 10 atom stereocenters. The highest BCUT2D eigenvalue weighted by atomic mass is 16.7. The molecule has 4 rings (SSSR count). The first kappa shape index (κ1) is 28.0. The monoisotopic (exact) mass is 520 g/mol. The minimum atomic E-state index is -1.59. The minimum absolute atomic E-state index is 0.296. The van der Waals surface area contributed by atoms with Gasteiger partial charge in [0.25, 0.3) is 0 Å². The standard InChI is InChI=1S/C26H36N2O9/c29-13-17-20(30)23(33)24(34)26(37-17)35-14-18-21(31)22(32)19(27-11-15-7-3-1-4-8-15)25(36-18)28-12-16-9-5-2-6-10-16/h1-10,17-34H,11-14H2/t17-,18-,19-,20-,21-,22-,23+,24-,25?,26+/m1/s1. The number of benzene rings is 2. The van der Waals surface area contributed by atoms with Crippen LogP contribution >= 0.6 is 0 Å². The zero-order valence-corrected chi connectivity index (χ0v) is 20.3. The first-order chi connectivity index (χ1) is 17.9. The zero-order chi connectivity index (χ0) is 26.4. The van der Waals surface area contributed by atoms with Crippen molar-refractivity contribution < 1.29 is 44.8 Å². The molecule has 11 heteroatoms. The number of aliphatic hydroxyl groups is 6. The second-order valence-electron chi connectivity index (χ2n) is 9.37. The molecule has 2 aromatic rings. The summed E-state index contributed by atoms with van der Waals surface area (Å²) >= 11 is 0. The molecule has 2 aliphatic rings. The van der Waals surface area contributed by atoms with E-state index in [0.29, 0.717) is 13.1 Å². The van der Waals surface area contributed by atoms with Gasteiger partial charge in [0.15, 0.2) is 6.29 Å². The highest BCUT2D eigenvalue weighted by Crippen LogP contribution is 2.25. The number of hydrogen-bond acceptors (Lipinski definition) is 11. The van der Waals surface area contributed by atoms with Gasteiger partial charge in [-0.3, -0.25) is 5.32 Å². The van der Waals surface area contributed by atoms with Gasteiger partial charge in [-0.15, -0.1) is 0 Å². The van der Waals surface area contributed by atoms with Gasteiger partial charge in [-0.25, -0.2) is 0 Å². The van der Waals surface area contributed by atoms with E-state index in [9.17, 15) is 30.6 Å². The predicted octanol–water partition coefficient (Wildman–Crippen LogP) is -1.80. The van der Waals surface area contributed by atoms with Gasteiger partial charge < -0.3 is 50.2 Å². The third-order valence-corrected chi connectivity index (χ3v) is 6.75. The van der Waals surface area contributed by atoms with E-state index in [1.807, 2.05) is 60.7 Å². The Bertz CT molecular complexity index is 938. The van der Waals surface area contributed by atoms with Gasteiger partial charge in [0.1, 0.15) is 49.0 Å². The van der Waals surface area contributed by atoms with E-state index >= 15 is 0 Å². The van der Waals surface area contributed by atoms with Crippen molar-refractivity contribution in [1.29, 1.82) is 0 Å². The van der Waals surface area contributed by atoms with Crippen molar-refractivity contribution in [2.24, 2.45) is 0 Å². The smallest absolute Gasteiger partial charge is 0.186 e. The quantitative estimate of drug-likeness (QED) is 0.178. The van der Waals surface area contributed by atoms with Crippen molar-refractivity contribution in [2.75, 3.05) is 13.2 Å². The van der Waals surface area contributed by atoms with E-state index in [-0.39, 0.29) is 6.61 Å². The Hall–Kier alpha value is -2.00. The molecule has 0 saturated carbocycles. The second kappa shape index (κ2) is 13.2. The van der Waals surface area contributed by atoms with Crippen molar-refractivity contribution in [2.45, 2.75) is 74.4 Å². The number of ether oxygens (including phenoxy) is 3. The SMILES string of the molecule is OC[C@H]1O[C@H](OC[C@H]2OC(NCc3ccccc3)[C@H](NCc3ccccc3)[C@@H](O)[C@@H]2O)[C@H](O)[C@@H](O)[C@@H]1O. The van der Waals surface area contributed by atoms with Crippen LogP contribution in [0, 0.1) is 0 Å². The molecular weight excluding hydrogens is 484 g/mol. The van der Waals surface area contributed by atoms with Crippen LogP contribution in [-0.4, -0.2) is 105 Å². The lowest BCUT2D eigenvalue weighted by atomic mass is 9.95. The number of aliphatic hydroxyl groups excluding tert-OH is 6. The van der Waals surface area contributed by atoms with E-state index in [2.05, 4.69) is 10.6 Å². The third kappa shape index (κ3) is 6.91. The van der Waals surface area contributed by atoms with Crippen LogP contribution in [0.5, 0.6) is 0 Å². The van der Waals surface area contributed by atoms with E-state index in [1.165, 1.54) is 0 Å². The lowest BCUT2D eigenvalue weighted by molar-refractivity contribution is -0.312. The van der Waals surface area contributed by atoms with Crippen LogP contribution in [-0.2, 0) is 27.3 Å².